The molecule has 0 spiro atoms. The molecule has 1 aliphatic carbocycles. The van der Waals surface area contributed by atoms with Gasteiger partial charge in [-0.1, -0.05) is 31.4 Å². The summed E-state index contributed by atoms with van der Waals surface area (Å²) in [6.45, 7) is 6.63. The highest BCUT2D eigenvalue weighted by Crippen LogP contribution is 2.25. The molecular formula is C25H39IN4O3. The van der Waals surface area contributed by atoms with Gasteiger partial charge in [0.25, 0.3) is 0 Å². The Kier molecular flexibility index (Phi) is 10.7. The topological polar surface area (TPSA) is 75.2 Å². The number of morpholine rings is 1. The van der Waals surface area contributed by atoms with Crippen LogP contribution in [-0.2, 0) is 20.8 Å². The molecule has 1 saturated carbocycles. The fraction of sp³-hybridized carbons (Fsp3) is 0.680. The normalized spacial score (nSPS) is 24.3. The van der Waals surface area contributed by atoms with E-state index in [9.17, 15) is 4.79 Å². The van der Waals surface area contributed by atoms with Gasteiger partial charge >= 0.3 is 0 Å². The third-order valence-electron chi connectivity index (χ3n) is 6.69. The van der Waals surface area contributed by atoms with E-state index in [-0.39, 0.29) is 48.0 Å². The number of benzene rings is 1. The van der Waals surface area contributed by atoms with Gasteiger partial charge in [0.15, 0.2) is 5.96 Å². The first-order chi connectivity index (χ1) is 15.7. The summed E-state index contributed by atoms with van der Waals surface area (Å²) in [5.74, 6) is 1.23. The van der Waals surface area contributed by atoms with Crippen LogP contribution in [0, 0.1) is 5.92 Å². The van der Waals surface area contributed by atoms with Crippen LogP contribution in [-0.4, -0.2) is 61.8 Å². The number of carbonyl (C=O) groups is 1. The van der Waals surface area contributed by atoms with E-state index >= 15 is 0 Å². The average Bonchev–Trinajstić information content (AvgIpc) is 3.38. The molecule has 0 bridgehead atoms. The fourth-order valence-corrected chi connectivity index (χ4v) is 4.94. The van der Waals surface area contributed by atoms with Gasteiger partial charge in [0, 0.05) is 37.8 Å². The third kappa shape index (κ3) is 7.55. The van der Waals surface area contributed by atoms with E-state index < -0.39 is 0 Å². The van der Waals surface area contributed by atoms with Crippen LogP contribution in [0.4, 0.5) is 5.69 Å². The number of halogens is 1. The lowest BCUT2D eigenvalue weighted by Gasteiger charge is -2.37. The minimum absolute atomic E-state index is 0. The first-order valence-electron chi connectivity index (χ1n) is 12.4. The van der Waals surface area contributed by atoms with E-state index in [1.807, 2.05) is 18.2 Å². The number of anilines is 1. The molecule has 33 heavy (non-hydrogen) atoms. The van der Waals surface area contributed by atoms with Crippen LogP contribution >= 0.6 is 24.0 Å². The molecule has 2 aliphatic heterocycles. The Morgan fingerprint density at radius 3 is 2.67 bits per heavy atom. The van der Waals surface area contributed by atoms with E-state index in [0.717, 1.165) is 82.0 Å². The average molecular weight is 571 g/mol. The van der Waals surface area contributed by atoms with Crippen LogP contribution in [0.5, 0.6) is 0 Å². The van der Waals surface area contributed by atoms with Crippen molar-refractivity contribution >= 4 is 41.5 Å². The summed E-state index contributed by atoms with van der Waals surface area (Å²) < 4.78 is 11.8. The highest BCUT2D eigenvalue weighted by Gasteiger charge is 2.32. The van der Waals surface area contributed by atoms with E-state index in [2.05, 4.69) is 28.5 Å². The predicted molar refractivity (Wildman–Crippen MR) is 142 cm³/mol. The van der Waals surface area contributed by atoms with Crippen molar-refractivity contribution in [2.45, 2.75) is 70.6 Å². The summed E-state index contributed by atoms with van der Waals surface area (Å²) in [5.41, 5.74) is 1.95. The minimum atomic E-state index is 0. The number of nitrogens with zero attached hydrogens (tertiary/aromatic N) is 2. The number of amides is 1. The van der Waals surface area contributed by atoms with Crippen molar-refractivity contribution in [1.29, 1.82) is 0 Å². The van der Waals surface area contributed by atoms with Crippen molar-refractivity contribution in [1.82, 2.24) is 10.2 Å². The van der Waals surface area contributed by atoms with Gasteiger partial charge in [0.05, 0.1) is 19.3 Å². The molecule has 2 unspecified atom stereocenters. The molecule has 0 aromatic heterocycles. The summed E-state index contributed by atoms with van der Waals surface area (Å²) >= 11 is 0. The van der Waals surface area contributed by atoms with Crippen LogP contribution in [0.15, 0.2) is 29.3 Å². The van der Waals surface area contributed by atoms with Crippen molar-refractivity contribution in [3.8, 4) is 0 Å². The van der Waals surface area contributed by atoms with Crippen molar-refractivity contribution in [2.75, 3.05) is 38.2 Å². The monoisotopic (exact) mass is 570 g/mol. The summed E-state index contributed by atoms with van der Waals surface area (Å²) in [6.07, 6.45) is 8.09. The molecule has 3 fully saturated rings. The first kappa shape index (κ1) is 26.2. The quantitative estimate of drug-likeness (QED) is 0.305. The lowest BCUT2D eigenvalue weighted by Crippen LogP contribution is -2.53. The van der Waals surface area contributed by atoms with Crippen LogP contribution in [0.3, 0.4) is 0 Å². The van der Waals surface area contributed by atoms with Gasteiger partial charge in [-0.2, -0.15) is 0 Å². The van der Waals surface area contributed by atoms with Crippen molar-refractivity contribution in [2.24, 2.45) is 10.9 Å². The molecule has 1 amide bonds. The van der Waals surface area contributed by atoms with E-state index in [0.29, 0.717) is 13.2 Å². The van der Waals surface area contributed by atoms with Crippen molar-refractivity contribution in [3.05, 3.63) is 29.8 Å². The molecule has 2 saturated heterocycles. The number of ether oxygens (including phenoxy) is 2. The molecule has 184 valence electrons. The lowest BCUT2D eigenvalue weighted by atomic mass is 9.88. The first-order valence-corrected chi connectivity index (χ1v) is 12.4. The van der Waals surface area contributed by atoms with Gasteiger partial charge in [-0.05, 0) is 50.3 Å². The number of nitrogens with one attached hydrogen (secondary N) is 2. The van der Waals surface area contributed by atoms with E-state index in [1.165, 1.54) is 6.42 Å². The smallest absolute Gasteiger partial charge is 0.227 e. The molecule has 3 aliphatic rings. The zero-order valence-corrected chi connectivity index (χ0v) is 22.1. The maximum Gasteiger partial charge on any atom is 0.227 e. The second kappa shape index (κ2) is 13.5. The largest absolute Gasteiger partial charge is 0.375 e. The second-order valence-electron chi connectivity index (χ2n) is 9.10. The molecule has 8 heteroatoms. The Labute approximate surface area is 215 Å². The molecule has 1 aromatic rings. The van der Waals surface area contributed by atoms with Crippen LogP contribution in [0.25, 0.3) is 0 Å². The Morgan fingerprint density at radius 1 is 1.09 bits per heavy atom. The SMILES string of the molecule is CCNC(=NCc1cccc(NC(=O)C2CCCCC2)c1)N1CCOC(C2CCCO2)C1.I. The maximum absolute atomic E-state index is 12.6. The van der Waals surface area contributed by atoms with Gasteiger partial charge in [-0.25, -0.2) is 4.99 Å². The zero-order valence-electron chi connectivity index (χ0n) is 19.8. The number of hydrogen-bond donors (Lipinski definition) is 2. The number of aliphatic imine (C=N–C) groups is 1. The van der Waals surface area contributed by atoms with Gasteiger partial charge in [-0.3, -0.25) is 4.79 Å². The van der Waals surface area contributed by atoms with Gasteiger partial charge < -0.3 is 25.0 Å². The number of rotatable bonds is 6. The predicted octanol–water partition coefficient (Wildman–Crippen LogP) is 4.17. The highest BCUT2D eigenvalue weighted by molar-refractivity contribution is 14.0. The Balaban J connectivity index is 0.00000306. The summed E-state index contributed by atoms with van der Waals surface area (Å²) in [6, 6.07) is 8.07. The molecule has 2 atom stereocenters. The van der Waals surface area contributed by atoms with Gasteiger partial charge in [-0.15, -0.1) is 24.0 Å². The maximum atomic E-state index is 12.6. The third-order valence-corrected chi connectivity index (χ3v) is 6.69. The van der Waals surface area contributed by atoms with E-state index in [4.69, 9.17) is 14.5 Å². The molecule has 1 aromatic carbocycles. The molecule has 2 N–H and O–H groups in total. The molecular weight excluding hydrogens is 531 g/mol. The number of guanidine groups is 1. The molecule has 4 rings (SSSR count). The zero-order chi connectivity index (χ0) is 22.2. The Bertz CT molecular complexity index is 779. The summed E-state index contributed by atoms with van der Waals surface area (Å²) in [7, 11) is 0. The lowest BCUT2D eigenvalue weighted by molar-refractivity contribution is -0.120. The van der Waals surface area contributed by atoms with Crippen LogP contribution in [0.1, 0.15) is 57.4 Å². The minimum Gasteiger partial charge on any atom is -0.375 e. The molecule has 0 radical (unpaired) electrons. The Hall–Kier alpha value is -1.39. The number of carbonyl (C=O) groups excluding carboxylic acids is 1. The molecule has 2 heterocycles. The standard InChI is InChI=1S/C25H38N4O3.HI/c1-2-26-25(29-13-15-32-23(18-29)22-12-7-14-31-22)27-17-19-8-6-11-21(16-19)28-24(30)20-9-4-3-5-10-20;/h6,8,11,16,20,22-23H,2-5,7,9-10,12-15,17-18H2,1H3,(H,26,27)(H,28,30);1H. The summed E-state index contributed by atoms with van der Waals surface area (Å²) in [4.78, 5) is 19.8. The van der Waals surface area contributed by atoms with Crippen molar-refractivity contribution in [3.63, 3.8) is 0 Å². The molecule has 7 nitrogen and oxygen atoms in total. The summed E-state index contributed by atoms with van der Waals surface area (Å²) in [5, 5.41) is 6.55. The van der Waals surface area contributed by atoms with Gasteiger partial charge in [0.1, 0.15) is 6.10 Å². The highest BCUT2D eigenvalue weighted by atomic mass is 127. The fourth-order valence-electron chi connectivity index (χ4n) is 4.94. The second-order valence-corrected chi connectivity index (χ2v) is 9.10. The van der Waals surface area contributed by atoms with E-state index in [1.54, 1.807) is 0 Å². The van der Waals surface area contributed by atoms with Crippen LogP contribution in [0.2, 0.25) is 0 Å². The Morgan fingerprint density at radius 2 is 1.91 bits per heavy atom. The van der Waals surface area contributed by atoms with Crippen LogP contribution < -0.4 is 10.6 Å². The number of hydrogen-bond acceptors (Lipinski definition) is 4. The van der Waals surface area contributed by atoms with Gasteiger partial charge in [0.2, 0.25) is 5.91 Å². The van der Waals surface area contributed by atoms with Crippen molar-refractivity contribution < 1.29 is 14.3 Å².